The molecule has 0 rings (SSSR count). The van der Waals surface area contributed by atoms with Crippen LogP contribution in [0, 0.1) is 17.8 Å². The predicted molar refractivity (Wildman–Crippen MR) is 261 cm³/mol. The van der Waals surface area contributed by atoms with E-state index in [9.17, 15) is 14.4 Å². The van der Waals surface area contributed by atoms with Crippen molar-refractivity contribution in [1.29, 1.82) is 0 Å². The predicted octanol–water partition coefficient (Wildman–Crippen LogP) is 17.6. The molecular weight excluding hydrogens is 757 g/mol. The van der Waals surface area contributed by atoms with E-state index in [4.69, 9.17) is 14.2 Å². The number of carbonyl (C=O) groups is 3. The van der Waals surface area contributed by atoms with Gasteiger partial charge in [-0.15, -0.1) is 0 Å². The van der Waals surface area contributed by atoms with Crippen molar-refractivity contribution in [3.63, 3.8) is 0 Å². The van der Waals surface area contributed by atoms with E-state index in [1.54, 1.807) is 0 Å². The van der Waals surface area contributed by atoms with Crippen molar-refractivity contribution in [2.24, 2.45) is 17.8 Å². The average Bonchev–Trinajstić information content (AvgIpc) is 3.23. The van der Waals surface area contributed by atoms with Gasteiger partial charge in [-0.1, -0.05) is 260 Å². The van der Waals surface area contributed by atoms with Crippen molar-refractivity contribution >= 4 is 17.9 Å². The third kappa shape index (κ3) is 47.7. The smallest absolute Gasteiger partial charge is 0.306 e. The summed E-state index contributed by atoms with van der Waals surface area (Å²) in [6, 6.07) is 0. The first-order valence-corrected chi connectivity index (χ1v) is 27.1. The lowest BCUT2D eigenvalue weighted by Gasteiger charge is -2.18. The Kier molecular flexibility index (Phi) is 45.2. The summed E-state index contributed by atoms with van der Waals surface area (Å²) in [4.78, 5) is 38.0. The Bertz CT molecular complexity index is 947. The maximum atomic E-state index is 12.8. The minimum Gasteiger partial charge on any atom is -0.462 e. The first-order valence-electron chi connectivity index (χ1n) is 27.1. The quantitative estimate of drug-likeness (QED) is 0.0344. The van der Waals surface area contributed by atoms with Gasteiger partial charge >= 0.3 is 17.9 Å². The molecule has 6 heteroatoms. The second-order valence-corrected chi connectivity index (χ2v) is 20.1. The van der Waals surface area contributed by atoms with E-state index in [2.05, 4.69) is 41.5 Å². The van der Waals surface area contributed by atoms with Crippen LogP contribution >= 0.6 is 0 Å². The highest BCUT2D eigenvalue weighted by Crippen LogP contribution is 2.18. The Balaban J connectivity index is 4.28. The van der Waals surface area contributed by atoms with Crippen LogP contribution in [0.25, 0.3) is 0 Å². The molecule has 0 aliphatic carbocycles. The van der Waals surface area contributed by atoms with Crippen molar-refractivity contribution in [2.75, 3.05) is 13.2 Å². The summed E-state index contributed by atoms with van der Waals surface area (Å²) < 4.78 is 16.8. The largest absolute Gasteiger partial charge is 0.462 e. The van der Waals surface area contributed by atoms with Crippen LogP contribution in [-0.4, -0.2) is 37.2 Å². The summed E-state index contributed by atoms with van der Waals surface area (Å²) in [7, 11) is 0. The van der Waals surface area contributed by atoms with Crippen molar-refractivity contribution in [3.05, 3.63) is 0 Å². The van der Waals surface area contributed by atoms with Crippen LogP contribution in [0.5, 0.6) is 0 Å². The zero-order chi connectivity index (χ0) is 44.9. The van der Waals surface area contributed by atoms with Gasteiger partial charge in [-0.2, -0.15) is 0 Å². The molecule has 61 heavy (non-hydrogen) atoms. The maximum absolute atomic E-state index is 12.8. The molecule has 0 N–H and O–H groups in total. The van der Waals surface area contributed by atoms with Crippen molar-refractivity contribution in [3.8, 4) is 0 Å². The van der Waals surface area contributed by atoms with E-state index in [0.29, 0.717) is 19.3 Å². The molecule has 0 heterocycles. The third-order valence-corrected chi connectivity index (χ3v) is 12.8. The van der Waals surface area contributed by atoms with E-state index in [1.165, 1.54) is 180 Å². The van der Waals surface area contributed by atoms with Gasteiger partial charge < -0.3 is 14.2 Å². The second kappa shape index (κ2) is 46.4. The van der Waals surface area contributed by atoms with Gasteiger partial charge in [-0.3, -0.25) is 14.4 Å². The maximum Gasteiger partial charge on any atom is 0.306 e. The molecule has 2 atom stereocenters. The standard InChI is InChI=1S/C55H106O6/c1-7-51(6)43-37-31-25-21-22-28-34-40-46-55(58)61-52(48-60-54(57)45-39-33-27-20-16-15-18-24-30-36-42-50(4)5)47-59-53(56)44-38-32-26-19-14-12-10-8-9-11-13-17-23-29-35-41-49(2)3/h49-52H,7-48H2,1-6H3/t51?,52-/m0/s1. The zero-order valence-electron chi connectivity index (χ0n) is 42.0. The molecule has 6 nitrogen and oxygen atoms in total. The number of hydrogen-bond donors (Lipinski definition) is 0. The topological polar surface area (TPSA) is 78.9 Å². The fraction of sp³-hybridized carbons (Fsp3) is 0.945. The molecule has 0 aromatic carbocycles. The van der Waals surface area contributed by atoms with Crippen molar-refractivity contribution in [2.45, 2.75) is 304 Å². The van der Waals surface area contributed by atoms with Gasteiger partial charge in [0.2, 0.25) is 0 Å². The molecule has 0 aliphatic heterocycles. The summed E-state index contributed by atoms with van der Waals surface area (Å²) in [5.74, 6) is 1.66. The molecule has 0 saturated carbocycles. The minimum atomic E-state index is -0.763. The van der Waals surface area contributed by atoms with Crippen molar-refractivity contribution in [1.82, 2.24) is 0 Å². The summed E-state index contributed by atoms with van der Waals surface area (Å²) in [5, 5.41) is 0. The van der Waals surface area contributed by atoms with Crippen LogP contribution in [0.1, 0.15) is 298 Å². The lowest BCUT2D eigenvalue weighted by Crippen LogP contribution is -2.30. The van der Waals surface area contributed by atoms with Crippen LogP contribution in [0.3, 0.4) is 0 Å². The second-order valence-electron chi connectivity index (χ2n) is 20.1. The van der Waals surface area contributed by atoms with E-state index in [-0.39, 0.29) is 31.1 Å². The lowest BCUT2D eigenvalue weighted by molar-refractivity contribution is -0.167. The highest BCUT2D eigenvalue weighted by molar-refractivity contribution is 5.71. The van der Waals surface area contributed by atoms with Gasteiger partial charge in [0.15, 0.2) is 6.10 Å². The van der Waals surface area contributed by atoms with Gasteiger partial charge in [0.25, 0.3) is 0 Å². The van der Waals surface area contributed by atoms with E-state index < -0.39 is 6.10 Å². The molecule has 0 spiro atoms. The number of ether oxygens (including phenoxy) is 3. The Hall–Kier alpha value is -1.59. The van der Waals surface area contributed by atoms with Gasteiger partial charge in [-0.05, 0) is 37.0 Å². The molecule has 0 aromatic rings. The Morgan fingerprint density at radius 1 is 0.328 bits per heavy atom. The number of esters is 3. The molecular formula is C55H106O6. The van der Waals surface area contributed by atoms with Gasteiger partial charge in [0.05, 0.1) is 0 Å². The van der Waals surface area contributed by atoms with E-state index in [0.717, 1.165) is 75.5 Å². The lowest BCUT2D eigenvalue weighted by atomic mass is 9.99. The highest BCUT2D eigenvalue weighted by atomic mass is 16.6. The summed E-state index contributed by atoms with van der Waals surface area (Å²) >= 11 is 0. The Labute approximate surface area is 380 Å². The van der Waals surface area contributed by atoms with E-state index >= 15 is 0 Å². The third-order valence-electron chi connectivity index (χ3n) is 12.8. The van der Waals surface area contributed by atoms with Crippen LogP contribution < -0.4 is 0 Å². The highest BCUT2D eigenvalue weighted by Gasteiger charge is 2.19. The molecule has 0 aromatic heterocycles. The molecule has 0 amide bonds. The van der Waals surface area contributed by atoms with Crippen LogP contribution in [0.15, 0.2) is 0 Å². The Morgan fingerprint density at radius 2 is 0.574 bits per heavy atom. The number of rotatable bonds is 48. The molecule has 0 bridgehead atoms. The number of unbranched alkanes of at least 4 members (excludes halogenated alkanes) is 30. The summed E-state index contributed by atoms with van der Waals surface area (Å²) in [6.07, 6.45) is 46.6. The van der Waals surface area contributed by atoms with Gasteiger partial charge in [-0.25, -0.2) is 0 Å². The van der Waals surface area contributed by atoms with Crippen LogP contribution in [-0.2, 0) is 28.6 Å². The van der Waals surface area contributed by atoms with E-state index in [1.807, 2.05) is 0 Å². The fourth-order valence-corrected chi connectivity index (χ4v) is 8.26. The average molecular weight is 863 g/mol. The van der Waals surface area contributed by atoms with Crippen molar-refractivity contribution < 1.29 is 28.6 Å². The molecule has 362 valence electrons. The van der Waals surface area contributed by atoms with Gasteiger partial charge in [0, 0.05) is 19.3 Å². The molecule has 0 saturated heterocycles. The molecule has 0 aliphatic rings. The summed E-state index contributed by atoms with van der Waals surface area (Å²) in [6.45, 7) is 13.7. The Morgan fingerprint density at radius 3 is 0.852 bits per heavy atom. The SMILES string of the molecule is CCC(C)CCCCCCCCCCC(=O)O[C@@H](COC(=O)CCCCCCCCCCCCCCCCCC(C)C)COC(=O)CCCCCCCCCCCCC(C)C. The first kappa shape index (κ1) is 59.4. The minimum absolute atomic E-state index is 0.0646. The van der Waals surface area contributed by atoms with Gasteiger partial charge in [0.1, 0.15) is 13.2 Å². The normalized spacial score (nSPS) is 12.6. The first-order chi connectivity index (χ1) is 29.6. The summed E-state index contributed by atoms with van der Waals surface area (Å²) in [5.41, 5.74) is 0. The number of carbonyl (C=O) groups excluding carboxylic acids is 3. The zero-order valence-corrected chi connectivity index (χ0v) is 42.0. The molecule has 0 radical (unpaired) electrons. The van der Waals surface area contributed by atoms with Crippen LogP contribution in [0.2, 0.25) is 0 Å². The van der Waals surface area contributed by atoms with Crippen LogP contribution in [0.4, 0.5) is 0 Å². The number of hydrogen-bond acceptors (Lipinski definition) is 6. The molecule has 1 unspecified atom stereocenters. The monoisotopic (exact) mass is 863 g/mol. The fourth-order valence-electron chi connectivity index (χ4n) is 8.26. The molecule has 0 fully saturated rings.